The summed E-state index contributed by atoms with van der Waals surface area (Å²) >= 11 is 0. The van der Waals surface area contributed by atoms with E-state index in [1.165, 1.54) is 5.69 Å². The van der Waals surface area contributed by atoms with Crippen LogP contribution < -0.4 is 10.2 Å². The van der Waals surface area contributed by atoms with Crippen LogP contribution >= 0.6 is 0 Å². The van der Waals surface area contributed by atoms with E-state index in [-0.39, 0.29) is 17.9 Å². The predicted octanol–water partition coefficient (Wildman–Crippen LogP) is 1.79. The topological polar surface area (TPSA) is 65.1 Å². The van der Waals surface area contributed by atoms with Crippen molar-refractivity contribution in [3.8, 4) is 0 Å². The van der Waals surface area contributed by atoms with E-state index < -0.39 is 0 Å². The lowest BCUT2D eigenvalue weighted by Gasteiger charge is -2.35. The smallest absolute Gasteiger partial charge is 0.317 e. The summed E-state index contributed by atoms with van der Waals surface area (Å²) in [4.78, 5) is 30.9. The van der Waals surface area contributed by atoms with Crippen LogP contribution in [0, 0.1) is 5.92 Å². The number of hydrogen-bond acceptors (Lipinski definition) is 4. The van der Waals surface area contributed by atoms with Crippen molar-refractivity contribution in [1.82, 2.24) is 15.1 Å². The average molecular weight is 389 g/mol. The minimum absolute atomic E-state index is 0.0142. The summed E-state index contributed by atoms with van der Waals surface area (Å²) in [6, 6.07) is 10.2. The lowest BCUT2D eigenvalue weighted by atomic mass is 9.95. The first-order valence-electron chi connectivity index (χ1n) is 10.3. The highest BCUT2D eigenvalue weighted by Crippen LogP contribution is 2.20. The number of piperidine rings is 1. The van der Waals surface area contributed by atoms with Crippen molar-refractivity contribution in [2.45, 2.75) is 19.3 Å². The number of morpholine rings is 1. The Morgan fingerprint density at radius 2 is 1.75 bits per heavy atom. The van der Waals surface area contributed by atoms with Gasteiger partial charge in [-0.3, -0.25) is 4.79 Å². The van der Waals surface area contributed by atoms with Crippen LogP contribution in [0.2, 0.25) is 0 Å². The molecule has 1 N–H and O–H groups in total. The molecular weight excluding hydrogens is 356 g/mol. The molecule has 0 unspecified atom stereocenters. The number of hydrogen-bond donors (Lipinski definition) is 1. The van der Waals surface area contributed by atoms with Crippen molar-refractivity contribution in [2.24, 2.45) is 5.92 Å². The summed E-state index contributed by atoms with van der Waals surface area (Å²) in [5, 5.41) is 3.02. The normalized spacial score (nSPS) is 18.0. The molecule has 0 bridgehead atoms. The summed E-state index contributed by atoms with van der Waals surface area (Å²) in [5.74, 6) is 0.272. The van der Waals surface area contributed by atoms with Gasteiger partial charge in [0.15, 0.2) is 0 Å². The van der Waals surface area contributed by atoms with E-state index in [1.807, 2.05) is 28.0 Å². The third kappa shape index (κ3) is 5.61. The number of carbonyl (C=O) groups excluding carboxylic acids is 2. The monoisotopic (exact) mass is 388 g/mol. The Balaban J connectivity index is 1.32. The highest BCUT2D eigenvalue weighted by Gasteiger charge is 2.30. The Hall–Kier alpha value is -2.28. The van der Waals surface area contributed by atoms with Gasteiger partial charge in [0.05, 0.1) is 13.2 Å². The highest BCUT2D eigenvalue weighted by atomic mass is 16.5. The largest absolute Gasteiger partial charge is 0.378 e. The van der Waals surface area contributed by atoms with Crippen molar-refractivity contribution in [3.63, 3.8) is 0 Å². The van der Waals surface area contributed by atoms with Gasteiger partial charge in [-0.1, -0.05) is 18.2 Å². The molecule has 2 heterocycles. The molecule has 0 aromatic heterocycles. The number of anilines is 1. The van der Waals surface area contributed by atoms with Gasteiger partial charge in [0.25, 0.3) is 0 Å². The lowest BCUT2D eigenvalue weighted by molar-refractivity contribution is -0.141. The Morgan fingerprint density at radius 3 is 2.43 bits per heavy atom. The number of rotatable bonds is 6. The average Bonchev–Trinajstić information content (AvgIpc) is 2.77. The van der Waals surface area contributed by atoms with Crippen molar-refractivity contribution < 1.29 is 14.3 Å². The molecule has 7 heteroatoms. The second kappa shape index (κ2) is 10.3. The van der Waals surface area contributed by atoms with Gasteiger partial charge in [0.2, 0.25) is 5.91 Å². The van der Waals surface area contributed by atoms with Crippen molar-refractivity contribution in [3.05, 3.63) is 30.3 Å². The van der Waals surface area contributed by atoms with E-state index in [0.29, 0.717) is 45.9 Å². The molecule has 3 amide bonds. The summed E-state index contributed by atoms with van der Waals surface area (Å²) < 4.78 is 5.31. The van der Waals surface area contributed by atoms with Gasteiger partial charge in [-0.15, -0.1) is 0 Å². The Labute approximate surface area is 167 Å². The maximum atomic E-state index is 12.6. The van der Waals surface area contributed by atoms with Gasteiger partial charge < -0.3 is 24.8 Å². The number of para-hydroxylation sites is 1. The van der Waals surface area contributed by atoms with E-state index >= 15 is 0 Å². The molecule has 2 saturated heterocycles. The van der Waals surface area contributed by atoms with E-state index in [2.05, 4.69) is 29.4 Å². The lowest BCUT2D eigenvalue weighted by Crippen LogP contribution is -2.49. The van der Waals surface area contributed by atoms with Gasteiger partial charge >= 0.3 is 6.03 Å². The molecule has 0 aliphatic carbocycles. The summed E-state index contributed by atoms with van der Waals surface area (Å²) in [5.41, 5.74) is 1.18. The van der Waals surface area contributed by atoms with Crippen molar-refractivity contribution >= 4 is 17.6 Å². The fourth-order valence-corrected chi connectivity index (χ4v) is 3.81. The number of amides is 3. The fourth-order valence-electron chi connectivity index (χ4n) is 3.81. The zero-order valence-electron chi connectivity index (χ0n) is 16.8. The molecule has 7 nitrogen and oxygen atoms in total. The van der Waals surface area contributed by atoms with Crippen molar-refractivity contribution in [1.29, 1.82) is 0 Å². The van der Waals surface area contributed by atoms with Gasteiger partial charge in [-0.25, -0.2) is 4.79 Å². The van der Waals surface area contributed by atoms with E-state index in [4.69, 9.17) is 4.74 Å². The highest BCUT2D eigenvalue weighted by molar-refractivity contribution is 5.80. The molecule has 0 atom stereocenters. The molecule has 2 aliphatic rings. The zero-order chi connectivity index (χ0) is 19.8. The van der Waals surface area contributed by atoms with Crippen LogP contribution in [0.25, 0.3) is 0 Å². The summed E-state index contributed by atoms with van der Waals surface area (Å²) in [6.45, 7) is 5.49. The van der Waals surface area contributed by atoms with Gasteiger partial charge in [-0.2, -0.15) is 0 Å². The number of likely N-dealkylation sites (tertiary alicyclic amines) is 1. The minimum Gasteiger partial charge on any atom is -0.378 e. The van der Waals surface area contributed by atoms with Crippen LogP contribution in [0.1, 0.15) is 19.3 Å². The predicted molar refractivity (Wildman–Crippen MR) is 109 cm³/mol. The number of urea groups is 1. The van der Waals surface area contributed by atoms with Crippen molar-refractivity contribution in [2.75, 3.05) is 64.4 Å². The van der Waals surface area contributed by atoms with Crippen LogP contribution in [0.3, 0.4) is 0 Å². The third-order valence-electron chi connectivity index (χ3n) is 5.60. The first-order chi connectivity index (χ1) is 13.6. The summed E-state index contributed by atoms with van der Waals surface area (Å²) in [6.07, 6.45) is 2.39. The number of carbonyl (C=O) groups is 2. The fraction of sp³-hybridized carbons (Fsp3) is 0.619. The quantitative estimate of drug-likeness (QED) is 0.755. The Bertz CT molecular complexity index is 626. The van der Waals surface area contributed by atoms with Gasteiger partial charge in [0, 0.05) is 57.9 Å². The molecule has 2 fully saturated rings. The van der Waals surface area contributed by atoms with Gasteiger partial charge in [0.1, 0.15) is 0 Å². The van der Waals surface area contributed by atoms with E-state index in [9.17, 15) is 9.59 Å². The maximum absolute atomic E-state index is 12.6. The standard InChI is InChI=1S/C21H32N4O3/c1-23(19-6-3-2-4-7-19)11-5-10-22-21(27)25-12-8-18(9-13-25)20(26)24-14-16-28-17-15-24/h2-4,6-7,18H,5,8-17H2,1H3,(H,22,27). The second-order valence-electron chi connectivity index (χ2n) is 7.54. The maximum Gasteiger partial charge on any atom is 0.317 e. The second-order valence-corrected chi connectivity index (χ2v) is 7.54. The van der Waals surface area contributed by atoms with Crippen LogP contribution in [-0.4, -0.2) is 81.3 Å². The summed E-state index contributed by atoms with van der Waals surface area (Å²) in [7, 11) is 2.06. The first kappa shape index (κ1) is 20.5. The third-order valence-corrected chi connectivity index (χ3v) is 5.60. The SMILES string of the molecule is CN(CCCNC(=O)N1CCC(C(=O)N2CCOCC2)CC1)c1ccccc1. The van der Waals surface area contributed by atoms with Crippen LogP contribution in [0.15, 0.2) is 30.3 Å². The molecule has 0 spiro atoms. The molecular formula is C21H32N4O3. The van der Waals surface area contributed by atoms with Crippen LogP contribution in [-0.2, 0) is 9.53 Å². The number of ether oxygens (including phenoxy) is 1. The minimum atomic E-state index is -0.0142. The molecule has 1 aromatic rings. The zero-order valence-corrected chi connectivity index (χ0v) is 16.8. The molecule has 2 aliphatic heterocycles. The molecule has 28 heavy (non-hydrogen) atoms. The molecule has 0 radical (unpaired) electrons. The molecule has 0 saturated carbocycles. The Morgan fingerprint density at radius 1 is 1.07 bits per heavy atom. The van der Waals surface area contributed by atoms with Crippen LogP contribution in [0.5, 0.6) is 0 Å². The Kier molecular flexibility index (Phi) is 7.54. The van der Waals surface area contributed by atoms with E-state index in [1.54, 1.807) is 0 Å². The number of nitrogens with one attached hydrogen (secondary N) is 1. The molecule has 3 rings (SSSR count). The molecule has 154 valence electrons. The number of nitrogens with zero attached hydrogens (tertiary/aromatic N) is 3. The van der Waals surface area contributed by atoms with Crippen LogP contribution in [0.4, 0.5) is 10.5 Å². The van der Waals surface area contributed by atoms with E-state index in [0.717, 1.165) is 25.8 Å². The number of benzene rings is 1. The first-order valence-corrected chi connectivity index (χ1v) is 10.3. The van der Waals surface area contributed by atoms with Gasteiger partial charge in [-0.05, 0) is 31.4 Å². The molecule has 1 aromatic carbocycles.